The van der Waals surface area contributed by atoms with Gasteiger partial charge < -0.3 is 19.5 Å². The number of nitrogens with one attached hydrogen (secondary N) is 1. The summed E-state index contributed by atoms with van der Waals surface area (Å²) in [6.07, 6.45) is 2.03. The van der Waals surface area contributed by atoms with Crippen LogP contribution in [0.5, 0.6) is 0 Å². The molecule has 1 aromatic rings. The zero-order chi connectivity index (χ0) is 19.9. The maximum atomic E-state index is 12.2. The quantitative estimate of drug-likeness (QED) is 0.698. The molecule has 0 radical (unpaired) electrons. The lowest BCUT2D eigenvalue weighted by Crippen LogP contribution is -2.48. The summed E-state index contributed by atoms with van der Waals surface area (Å²) in [7, 11) is 1.29. The Morgan fingerprint density at radius 2 is 1.85 bits per heavy atom. The Kier molecular flexibility index (Phi) is 7.50. The molecule has 7 heteroatoms. The van der Waals surface area contributed by atoms with E-state index >= 15 is 0 Å². The highest BCUT2D eigenvalue weighted by atomic mass is 16.7. The van der Waals surface area contributed by atoms with Gasteiger partial charge in [0.05, 0.1) is 26.4 Å². The van der Waals surface area contributed by atoms with Crippen molar-refractivity contribution >= 4 is 17.7 Å². The van der Waals surface area contributed by atoms with Gasteiger partial charge in [-0.25, -0.2) is 4.79 Å². The lowest BCUT2D eigenvalue weighted by molar-refractivity contribution is -0.272. The van der Waals surface area contributed by atoms with Crippen molar-refractivity contribution in [3.05, 3.63) is 35.9 Å². The van der Waals surface area contributed by atoms with Gasteiger partial charge in [0.15, 0.2) is 5.78 Å². The summed E-state index contributed by atoms with van der Waals surface area (Å²) in [5.74, 6) is -2.11. The molecule has 1 unspecified atom stereocenters. The summed E-state index contributed by atoms with van der Waals surface area (Å²) in [5, 5.41) is 2.79. The van der Waals surface area contributed by atoms with Crippen molar-refractivity contribution in [1.82, 2.24) is 5.32 Å². The van der Waals surface area contributed by atoms with Crippen molar-refractivity contribution in [1.29, 1.82) is 0 Å². The van der Waals surface area contributed by atoms with Crippen molar-refractivity contribution in [2.45, 2.75) is 44.9 Å². The van der Waals surface area contributed by atoms with E-state index in [1.165, 1.54) is 14.0 Å². The van der Waals surface area contributed by atoms with Crippen LogP contribution in [0.4, 0.5) is 0 Å². The third-order valence-electron chi connectivity index (χ3n) is 4.68. The van der Waals surface area contributed by atoms with E-state index in [1.54, 1.807) is 31.2 Å². The number of benzene rings is 1. The molecule has 0 spiro atoms. The number of carbonyl (C=O) groups is 3. The second-order valence-corrected chi connectivity index (χ2v) is 6.86. The van der Waals surface area contributed by atoms with Gasteiger partial charge in [-0.2, -0.15) is 0 Å². The van der Waals surface area contributed by atoms with Crippen LogP contribution in [-0.2, 0) is 23.8 Å². The molecule has 0 aliphatic carbocycles. The summed E-state index contributed by atoms with van der Waals surface area (Å²) >= 11 is 0. The molecule has 1 aliphatic heterocycles. The van der Waals surface area contributed by atoms with Crippen molar-refractivity contribution in [2.24, 2.45) is 5.92 Å². The van der Waals surface area contributed by atoms with E-state index in [2.05, 4.69) is 10.1 Å². The van der Waals surface area contributed by atoms with Crippen LogP contribution in [-0.4, -0.2) is 49.8 Å². The fraction of sp³-hybridized carbons (Fsp3) is 0.550. The van der Waals surface area contributed by atoms with Crippen molar-refractivity contribution in [3.8, 4) is 0 Å². The second-order valence-electron chi connectivity index (χ2n) is 6.86. The average Bonchev–Trinajstić information content (AvgIpc) is 2.68. The predicted octanol–water partition coefficient (Wildman–Crippen LogP) is 2.10. The maximum Gasteiger partial charge on any atom is 0.366 e. The number of hydrogen-bond donors (Lipinski definition) is 1. The number of Topliss-reactive ketones (excluding diaryl/α,β-unsaturated/α-hetero) is 1. The van der Waals surface area contributed by atoms with Crippen LogP contribution in [0.3, 0.4) is 0 Å². The maximum absolute atomic E-state index is 12.2. The zero-order valence-electron chi connectivity index (χ0n) is 16.0. The van der Waals surface area contributed by atoms with Crippen LogP contribution in [0.15, 0.2) is 30.3 Å². The standard InChI is InChI=1S/C20H27NO6/c1-14(22)17(21-18(23)16-9-5-4-6-10-16)11-7-8-15-12-26-20(2,27-13-15)19(24)25-3/h4-6,9-10,15,17H,7-8,11-13H2,1-3H3,(H,21,23)/t15-,17?,20+. The Morgan fingerprint density at radius 3 is 2.41 bits per heavy atom. The number of ketones is 1. The largest absolute Gasteiger partial charge is 0.465 e. The van der Waals surface area contributed by atoms with Crippen LogP contribution in [0, 0.1) is 5.92 Å². The minimum atomic E-state index is -1.35. The first-order chi connectivity index (χ1) is 12.9. The van der Waals surface area contributed by atoms with Gasteiger partial charge in [0, 0.05) is 18.4 Å². The van der Waals surface area contributed by atoms with Gasteiger partial charge in [-0.3, -0.25) is 9.59 Å². The number of amides is 1. The molecule has 148 valence electrons. The first kappa shape index (κ1) is 21.1. The number of rotatable bonds is 8. The monoisotopic (exact) mass is 377 g/mol. The molecule has 1 heterocycles. The molecule has 1 aliphatic rings. The molecular formula is C20H27NO6. The van der Waals surface area contributed by atoms with Crippen LogP contribution in [0.2, 0.25) is 0 Å². The fourth-order valence-electron chi connectivity index (χ4n) is 2.93. The second kappa shape index (κ2) is 9.62. The van der Waals surface area contributed by atoms with Gasteiger partial charge in [0.25, 0.3) is 11.7 Å². The predicted molar refractivity (Wildman–Crippen MR) is 98.0 cm³/mol. The highest BCUT2D eigenvalue weighted by molar-refractivity contribution is 5.97. The summed E-state index contributed by atoms with van der Waals surface area (Å²) in [6, 6.07) is 8.29. The molecule has 0 aromatic heterocycles. The molecule has 7 nitrogen and oxygen atoms in total. The molecule has 2 rings (SSSR count). The lowest BCUT2D eigenvalue weighted by Gasteiger charge is -2.35. The Morgan fingerprint density at radius 1 is 1.22 bits per heavy atom. The van der Waals surface area contributed by atoms with Gasteiger partial charge in [0.2, 0.25) is 0 Å². The summed E-state index contributed by atoms with van der Waals surface area (Å²) in [6.45, 7) is 3.78. The first-order valence-corrected chi connectivity index (χ1v) is 9.08. The van der Waals surface area contributed by atoms with Gasteiger partial charge in [0.1, 0.15) is 0 Å². The van der Waals surface area contributed by atoms with Crippen LogP contribution >= 0.6 is 0 Å². The highest BCUT2D eigenvalue weighted by Crippen LogP contribution is 2.25. The molecule has 1 saturated heterocycles. The molecule has 0 bridgehead atoms. The van der Waals surface area contributed by atoms with Crippen molar-refractivity contribution < 1.29 is 28.6 Å². The molecule has 1 aromatic carbocycles. The third-order valence-corrected chi connectivity index (χ3v) is 4.68. The van der Waals surface area contributed by atoms with Crippen LogP contribution in [0.25, 0.3) is 0 Å². The smallest absolute Gasteiger partial charge is 0.366 e. The zero-order valence-corrected chi connectivity index (χ0v) is 16.0. The van der Waals surface area contributed by atoms with Crippen LogP contribution in [0.1, 0.15) is 43.5 Å². The normalized spacial score (nSPS) is 23.3. The number of carbonyl (C=O) groups excluding carboxylic acids is 3. The molecule has 1 amide bonds. The number of esters is 1. The van der Waals surface area contributed by atoms with Gasteiger partial charge in [-0.05, 0) is 31.9 Å². The van der Waals surface area contributed by atoms with E-state index in [9.17, 15) is 14.4 Å². The highest BCUT2D eigenvalue weighted by Gasteiger charge is 2.41. The molecule has 0 saturated carbocycles. The molecule has 1 N–H and O–H groups in total. The number of methoxy groups -OCH3 is 1. The Balaban J connectivity index is 1.78. The fourth-order valence-corrected chi connectivity index (χ4v) is 2.93. The van der Waals surface area contributed by atoms with Crippen molar-refractivity contribution in [3.63, 3.8) is 0 Å². The minimum Gasteiger partial charge on any atom is -0.465 e. The van der Waals surface area contributed by atoms with E-state index in [0.717, 1.165) is 12.8 Å². The van der Waals surface area contributed by atoms with Crippen LogP contribution < -0.4 is 5.32 Å². The first-order valence-electron chi connectivity index (χ1n) is 9.08. The van der Waals surface area contributed by atoms with Crippen molar-refractivity contribution in [2.75, 3.05) is 20.3 Å². The van der Waals surface area contributed by atoms with Gasteiger partial charge in [-0.15, -0.1) is 0 Å². The molecule has 27 heavy (non-hydrogen) atoms. The average molecular weight is 377 g/mol. The van der Waals surface area contributed by atoms with E-state index < -0.39 is 17.8 Å². The van der Waals surface area contributed by atoms with Gasteiger partial charge in [-0.1, -0.05) is 24.6 Å². The topological polar surface area (TPSA) is 90.9 Å². The van der Waals surface area contributed by atoms with Gasteiger partial charge >= 0.3 is 5.97 Å². The molecular weight excluding hydrogens is 350 g/mol. The summed E-state index contributed by atoms with van der Waals surface area (Å²) in [5.41, 5.74) is 0.528. The third kappa shape index (κ3) is 5.87. The SMILES string of the molecule is COC(=O)[C@]1(C)OC[C@H](CCCC(NC(=O)c2ccccc2)C(C)=O)CO1. The Hall–Kier alpha value is -2.25. The minimum absolute atomic E-state index is 0.0753. The Labute approximate surface area is 159 Å². The Bertz CT molecular complexity index is 652. The lowest BCUT2D eigenvalue weighted by atomic mass is 9.98. The molecule has 1 fully saturated rings. The number of ether oxygens (including phenoxy) is 3. The van der Waals surface area contributed by atoms with E-state index in [-0.39, 0.29) is 17.6 Å². The van der Waals surface area contributed by atoms with E-state index in [4.69, 9.17) is 9.47 Å². The van der Waals surface area contributed by atoms with E-state index in [0.29, 0.717) is 25.2 Å². The summed E-state index contributed by atoms with van der Waals surface area (Å²) in [4.78, 5) is 35.8. The van der Waals surface area contributed by atoms with E-state index in [1.807, 2.05) is 6.07 Å². The summed E-state index contributed by atoms with van der Waals surface area (Å²) < 4.78 is 15.7. The molecule has 1 atom stereocenters. The number of hydrogen-bond acceptors (Lipinski definition) is 6.